The maximum Gasteiger partial charge on any atom is 0.226 e. The summed E-state index contributed by atoms with van der Waals surface area (Å²) in [6, 6.07) is 15.8. The molecule has 7 heteroatoms. The summed E-state index contributed by atoms with van der Waals surface area (Å²) in [5.74, 6) is 2.46. The summed E-state index contributed by atoms with van der Waals surface area (Å²) in [4.78, 5) is 24.3. The van der Waals surface area contributed by atoms with Crippen molar-refractivity contribution in [1.29, 1.82) is 0 Å². The molecule has 1 amide bonds. The molecular weight excluding hydrogens is 404 g/mol. The van der Waals surface area contributed by atoms with Gasteiger partial charge in [-0.25, -0.2) is 9.97 Å². The van der Waals surface area contributed by atoms with E-state index in [0.717, 1.165) is 66.4 Å². The largest absolute Gasteiger partial charge is 0.486 e. The lowest BCUT2D eigenvalue weighted by Crippen LogP contribution is -2.42. The molecule has 1 fully saturated rings. The minimum Gasteiger partial charge on any atom is -0.486 e. The van der Waals surface area contributed by atoms with E-state index >= 15 is 0 Å². The molecule has 0 spiro atoms. The van der Waals surface area contributed by atoms with Crippen LogP contribution in [0.3, 0.4) is 0 Å². The molecule has 5 rings (SSSR count). The molecule has 1 saturated heterocycles. The van der Waals surface area contributed by atoms with Crippen molar-refractivity contribution in [3.8, 4) is 11.5 Å². The molecule has 0 unspecified atom stereocenters. The second-order valence-corrected chi connectivity index (χ2v) is 8.46. The Morgan fingerprint density at radius 3 is 2.66 bits per heavy atom. The number of fused-ring (bicyclic) bond motifs is 2. The minimum absolute atomic E-state index is 0.0250. The van der Waals surface area contributed by atoms with E-state index in [0.29, 0.717) is 13.2 Å². The summed E-state index contributed by atoms with van der Waals surface area (Å²) in [7, 11) is 0. The summed E-state index contributed by atoms with van der Waals surface area (Å²) >= 11 is 0. The van der Waals surface area contributed by atoms with Crippen molar-refractivity contribution < 1.29 is 14.3 Å². The van der Waals surface area contributed by atoms with E-state index in [1.807, 2.05) is 55.5 Å². The first-order valence-electron chi connectivity index (χ1n) is 11.3. The lowest BCUT2D eigenvalue weighted by molar-refractivity contribution is -0.125. The fourth-order valence-electron chi connectivity index (χ4n) is 4.41. The van der Waals surface area contributed by atoms with Crippen molar-refractivity contribution in [2.24, 2.45) is 5.92 Å². The quantitative estimate of drug-likeness (QED) is 0.665. The number of carbonyl (C=O) groups is 1. The highest BCUT2D eigenvalue weighted by molar-refractivity contribution is 5.82. The van der Waals surface area contributed by atoms with Crippen molar-refractivity contribution in [1.82, 2.24) is 15.3 Å². The van der Waals surface area contributed by atoms with Crippen LogP contribution >= 0.6 is 0 Å². The van der Waals surface area contributed by atoms with Crippen LogP contribution in [0.25, 0.3) is 10.9 Å². The minimum atomic E-state index is -0.0414. The molecule has 1 aromatic heterocycles. The number of ether oxygens (including phenoxy) is 2. The molecule has 3 aromatic rings. The molecule has 166 valence electrons. The number of rotatable bonds is 5. The predicted octanol–water partition coefficient (Wildman–Crippen LogP) is 3.50. The van der Waals surface area contributed by atoms with Gasteiger partial charge in [0.25, 0.3) is 0 Å². The van der Waals surface area contributed by atoms with Gasteiger partial charge >= 0.3 is 0 Å². The SMILES string of the molecule is Cc1nc(N2CCC(C(=O)NCC[C@H]3COc4ccccc4O3)CC2)nc2ccccc12. The number of nitrogens with zero attached hydrogens (tertiary/aromatic N) is 3. The van der Waals surface area contributed by atoms with E-state index < -0.39 is 0 Å². The summed E-state index contributed by atoms with van der Waals surface area (Å²) in [5.41, 5.74) is 1.95. The zero-order valence-electron chi connectivity index (χ0n) is 18.3. The summed E-state index contributed by atoms with van der Waals surface area (Å²) < 4.78 is 11.7. The van der Waals surface area contributed by atoms with Crippen molar-refractivity contribution >= 4 is 22.8 Å². The van der Waals surface area contributed by atoms with Crippen LogP contribution in [-0.4, -0.2) is 48.2 Å². The number of aryl methyl sites for hydroxylation is 1. The predicted molar refractivity (Wildman–Crippen MR) is 123 cm³/mol. The molecular formula is C25H28N4O3. The molecule has 0 bridgehead atoms. The lowest BCUT2D eigenvalue weighted by Gasteiger charge is -2.32. The van der Waals surface area contributed by atoms with Crippen molar-refractivity contribution in [2.75, 3.05) is 31.1 Å². The van der Waals surface area contributed by atoms with Gasteiger partial charge in [-0.15, -0.1) is 0 Å². The Morgan fingerprint density at radius 2 is 1.81 bits per heavy atom. The third-order valence-corrected chi connectivity index (χ3v) is 6.26. The molecule has 3 heterocycles. The molecule has 1 atom stereocenters. The van der Waals surface area contributed by atoms with Gasteiger partial charge < -0.3 is 19.7 Å². The molecule has 0 saturated carbocycles. The van der Waals surface area contributed by atoms with Crippen molar-refractivity contribution in [3.63, 3.8) is 0 Å². The Bertz CT molecular complexity index is 1110. The smallest absolute Gasteiger partial charge is 0.226 e. The van der Waals surface area contributed by atoms with E-state index in [-0.39, 0.29) is 17.9 Å². The van der Waals surface area contributed by atoms with Crippen LogP contribution in [0.15, 0.2) is 48.5 Å². The fourth-order valence-corrected chi connectivity index (χ4v) is 4.41. The van der Waals surface area contributed by atoms with Gasteiger partial charge in [-0.05, 0) is 38.0 Å². The Labute approximate surface area is 187 Å². The van der Waals surface area contributed by atoms with Gasteiger partial charge in [0.05, 0.1) is 11.2 Å². The zero-order chi connectivity index (χ0) is 21.9. The second kappa shape index (κ2) is 9.02. The number of piperidine rings is 1. The molecule has 1 N–H and O–H groups in total. The zero-order valence-corrected chi connectivity index (χ0v) is 18.3. The number of para-hydroxylation sites is 3. The number of aromatic nitrogens is 2. The number of hydrogen-bond acceptors (Lipinski definition) is 6. The van der Waals surface area contributed by atoms with Gasteiger partial charge in [0.15, 0.2) is 11.5 Å². The molecule has 2 aliphatic rings. The number of anilines is 1. The molecule has 2 aromatic carbocycles. The number of amides is 1. The molecule has 0 radical (unpaired) electrons. The topological polar surface area (TPSA) is 76.6 Å². The summed E-state index contributed by atoms with van der Waals surface area (Å²) in [6.45, 7) is 4.69. The first-order chi connectivity index (χ1) is 15.7. The van der Waals surface area contributed by atoms with Crippen LogP contribution in [0, 0.1) is 12.8 Å². The highest BCUT2D eigenvalue weighted by Gasteiger charge is 2.27. The van der Waals surface area contributed by atoms with E-state index in [1.54, 1.807) is 0 Å². The molecule has 0 aliphatic carbocycles. The van der Waals surface area contributed by atoms with Crippen molar-refractivity contribution in [3.05, 3.63) is 54.2 Å². The third kappa shape index (κ3) is 4.33. The Hall–Kier alpha value is -3.35. The monoisotopic (exact) mass is 432 g/mol. The van der Waals surface area contributed by atoms with Crippen LogP contribution in [0.4, 0.5) is 5.95 Å². The normalized spacial score (nSPS) is 18.5. The van der Waals surface area contributed by atoms with Crippen molar-refractivity contribution in [2.45, 2.75) is 32.3 Å². The Kier molecular flexibility index (Phi) is 5.79. The molecule has 7 nitrogen and oxygen atoms in total. The first-order valence-corrected chi connectivity index (χ1v) is 11.3. The van der Waals surface area contributed by atoms with E-state index in [4.69, 9.17) is 19.4 Å². The van der Waals surface area contributed by atoms with Crippen LogP contribution in [-0.2, 0) is 4.79 Å². The van der Waals surface area contributed by atoms with E-state index in [9.17, 15) is 4.79 Å². The number of hydrogen-bond donors (Lipinski definition) is 1. The van der Waals surface area contributed by atoms with Gasteiger partial charge in [-0.2, -0.15) is 0 Å². The van der Waals surface area contributed by atoms with E-state index in [1.165, 1.54) is 0 Å². The maximum atomic E-state index is 12.7. The Balaban J connectivity index is 1.10. The highest BCUT2D eigenvalue weighted by Crippen LogP contribution is 2.31. The molecule has 32 heavy (non-hydrogen) atoms. The van der Waals surface area contributed by atoms with E-state index in [2.05, 4.69) is 10.2 Å². The van der Waals surface area contributed by atoms with Gasteiger partial charge in [-0.3, -0.25) is 4.79 Å². The van der Waals surface area contributed by atoms with Crippen LogP contribution in [0.1, 0.15) is 25.0 Å². The van der Waals surface area contributed by atoms with Gasteiger partial charge in [0.2, 0.25) is 11.9 Å². The first kappa shape index (κ1) is 20.5. The Morgan fingerprint density at radius 1 is 1.06 bits per heavy atom. The second-order valence-electron chi connectivity index (χ2n) is 8.46. The van der Waals surface area contributed by atoms with Gasteiger partial charge in [0, 0.05) is 37.4 Å². The fraction of sp³-hybridized carbons (Fsp3) is 0.400. The number of nitrogens with one attached hydrogen (secondary N) is 1. The van der Waals surface area contributed by atoms with Crippen LogP contribution in [0.2, 0.25) is 0 Å². The average molecular weight is 433 g/mol. The summed E-state index contributed by atoms with van der Waals surface area (Å²) in [6.07, 6.45) is 2.29. The maximum absolute atomic E-state index is 12.7. The third-order valence-electron chi connectivity index (χ3n) is 6.26. The lowest BCUT2D eigenvalue weighted by atomic mass is 9.96. The standard InChI is InChI=1S/C25H28N4O3/c1-17-20-6-2-3-7-21(20)28-25(27-17)29-14-11-18(12-15-29)24(30)26-13-10-19-16-31-22-8-4-5-9-23(22)32-19/h2-9,18-19H,10-16H2,1H3,(H,26,30)/t19-/m0/s1. The van der Waals surface area contributed by atoms with Gasteiger partial charge in [0.1, 0.15) is 12.7 Å². The highest BCUT2D eigenvalue weighted by atomic mass is 16.6. The van der Waals surface area contributed by atoms with Crippen LogP contribution in [0.5, 0.6) is 11.5 Å². The number of benzene rings is 2. The molecule has 2 aliphatic heterocycles. The van der Waals surface area contributed by atoms with Gasteiger partial charge in [-0.1, -0.05) is 30.3 Å². The summed E-state index contributed by atoms with van der Waals surface area (Å²) in [5, 5.41) is 4.17. The number of carbonyl (C=O) groups excluding carboxylic acids is 1. The van der Waals surface area contributed by atoms with Crippen LogP contribution < -0.4 is 19.7 Å². The average Bonchev–Trinajstić information content (AvgIpc) is 2.84.